The third-order valence-corrected chi connectivity index (χ3v) is 8.95. The molecule has 0 unspecified atom stereocenters. The van der Waals surface area contributed by atoms with Gasteiger partial charge in [-0.3, -0.25) is 0 Å². The van der Waals surface area contributed by atoms with Gasteiger partial charge in [0.25, 0.3) is 0 Å². The van der Waals surface area contributed by atoms with Gasteiger partial charge in [0.05, 0.1) is 8.07 Å². The smallest absolute Gasteiger partial charge is 0.373 e. The highest BCUT2D eigenvalue weighted by Crippen LogP contribution is 2.39. The van der Waals surface area contributed by atoms with Crippen LogP contribution in [-0.4, -0.2) is 25.4 Å². The van der Waals surface area contributed by atoms with E-state index in [9.17, 15) is 4.79 Å². The highest BCUT2D eigenvalue weighted by atomic mass is 28.3. The summed E-state index contributed by atoms with van der Waals surface area (Å²) in [6.45, 7) is 15.4. The lowest BCUT2D eigenvalue weighted by atomic mass is 9.89. The van der Waals surface area contributed by atoms with Crippen molar-refractivity contribution in [2.45, 2.75) is 97.2 Å². The Balaban J connectivity index is 1.83. The van der Waals surface area contributed by atoms with E-state index in [0.29, 0.717) is 11.8 Å². The van der Waals surface area contributed by atoms with E-state index in [0.717, 1.165) is 31.7 Å². The van der Waals surface area contributed by atoms with Crippen molar-refractivity contribution < 1.29 is 19.3 Å². The molecule has 1 aromatic rings. The van der Waals surface area contributed by atoms with E-state index in [2.05, 4.69) is 64.2 Å². The van der Waals surface area contributed by atoms with Gasteiger partial charge in [0, 0.05) is 6.42 Å². The normalized spacial score (nSPS) is 16.7. The van der Waals surface area contributed by atoms with Gasteiger partial charge < -0.3 is 4.74 Å². The predicted octanol–water partition coefficient (Wildman–Crippen LogP) is 5.58. The molecule has 2 rings (SSSR count). The first-order valence-corrected chi connectivity index (χ1v) is 13.7. The van der Waals surface area contributed by atoms with Crippen molar-refractivity contribution in [2.24, 2.45) is 5.41 Å². The van der Waals surface area contributed by atoms with E-state index < -0.39 is 19.5 Å². The summed E-state index contributed by atoms with van der Waals surface area (Å²) in [5.41, 5.74) is -0.236. The monoisotopic (exact) mass is 406 g/mol. The maximum atomic E-state index is 12.7. The zero-order valence-electron chi connectivity index (χ0n) is 18.8. The molecule has 4 nitrogen and oxygen atoms in total. The minimum Gasteiger partial charge on any atom is -0.456 e. The van der Waals surface area contributed by atoms with Crippen LogP contribution in [0, 0.1) is 5.41 Å². The summed E-state index contributed by atoms with van der Waals surface area (Å²) in [7, 11) is -1.57. The molecule has 0 bridgehead atoms. The summed E-state index contributed by atoms with van der Waals surface area (Å²) in [6, 6.07) is 11.7. The van der Waals surface area contributed by atoms with Crippen LogP contribution in [0.15, 0.2) is 30.3 Å². The van der Waals surface area contributed by atoms with Gasteiger partial charge in [0.15, 0.2) is 0 Å². The zero-order chi connectivity index (χ0) is 21.1. The average Bonchev–Trinajstić information content (AvgIpc) is 3.38. The van der Waals surface area contributed by atoms with Crippen LogP contribution in [-0.2, 0) is 19.3 Å². The summed E-state index contributed by atoms with van der Waals surface area (Å²) < 4.78 is 5.83. The molecule has 0 aromatic heterocycles. The molecule has 0 amide bonds. The molecule has 28 heavy (non-hydrogen) atoms. The number of carbonyl (C=O) groups is 1. The van der Waals surface area contributed by atoms with Crippen molar-refractivity contribution in [1.82, 2.24) is 0 Å². The van der Waals surface area contributed by atoms with Gasteiger partial charge >= 0.3 is 11.8 Å². The van der Waals surface area contributed by atoms with Gasteiger partial charge in [-0.15, -0.1) is 0 Å². The fourth-order valence-corrected chi connectivity index (χ4v) is 5.95. The lowest BCUT2D eigenvalue weighted by Gasteiger charge is -2.30. The Morgan fingerprint density at radius 1 is 1.00 bits per heavy atom. The van der Waals surface area contributed by atoms with Crippen LogP contribution in [0.25, 0.3) is 0 Å². The fraction of sp³-hybridized carbons (Fsp3) is 0.696. The van der Waals surface area contributed by atoms with Crippen molar-refractivity contribution in [3.8, 4) is 0 Å². The first-order valence-electron chi connectivity index (χ1n) is 10.5. The van der Waals surface area contributed by atoms with Crippen molar-refractivity contribution in [3.63, 3.8) is 0 Å². The molecule has 158 valence electrons. The molecule has 1 heterocycles. The van der Waals surface area contributed by atoms with Crippen LogP contribution in [0.2, 0.25) is 19.1 Å². The van der Waals surface area contributed by atoms with Crippen molar-refractivity contribution >= 4 is 19.2 Å². The highest BCUT2D eigenvalue weighted by Gasteiger charge is 2.58. The van der Waals surface area contributed by atoms with Gasteiger partial charge in [0.1, 0.15) is 5.60 Å². The summed E-state index contributed by atoms with van der Waals surface area (Å²) in [4.78, 5) is 22.8. The molecule has 0 saturated carbocycles. The number of hydrogen-bond donors (Lipinski definition) is 0. The molecule has 1 aromatic carbocycles. The summed E-state index contributed by atoms with van der Waals surface area (Å²) in [5, 5.41) is 1.43. The van der Waals surface area contributed by atoms with E-state index >= 15 is 0 Å². The van der Waals surface area contributed by atoms with Crippen LogP contribution >= 0.6 is 0 Å². The minimum absolute atomic E-state index is 0.302. The highest BCUT2D eigenvalue weighted by molar-refractivity contribution is 6.89. The van der Waals surface area contributed by atoms with Crippen molar-refractivity contribution in [2.75, 3.05) is 0 Å². The Morgan fingerprint density at radius 3 is 2.14 bits per heavy atom. The number of benzene rings is 1. The van der Waals surface area contributed by atoms with Gasteiger partial charge in [-0.1, -0.05) is 75.8 Å². The number of ether oxygens (including phenoxy) is 1. The molecule has 0 N–H and O–H groups in total. The number of esters is 1. The Bertz CT molecular complexity index is 642. The lowest BCUT2D eigenvalue weighted by Crippen LogP contribution is -2.44. The van der Waals surface area contributed by atoms with Crippen LogP contribution in [0.4, 0.5) is 0 Å². The molecular weight excluding hydrogens is 368 g/mol. The van der Waals surface area contributed by atoms with Gasteiger partial charge in [-0.05, 0) is 44.6 Å². The molecule has 1 saturated heterocycles. The maximum absolute atomic E-state index is 12.7. The summed E-state index contributed by atoms with van der Waals surface area (Å²) in [6.07, 6.45) is 4.43. The molecule has 0 radical (unpaired) electrons. The zero-order valence-corrected chi connectivity index (χ0v) is 19.8. The molecule has 1 fully saturated rings. The number of rotatable bonds is 10. The third kappa shape index (κ3) is 7.01. The quantitative estimate of drug-likeness (QED) is 0.167. The number of hydrogen-bond acceptors (Lipinski definition) is 4. The Hall–Kier alpha value is -1.17. The second-order valence-corrected chi connectivity index (χ2v) is 15.4. The third-order valence-electron chi connectivity index (χ3n) is 5.55. The SMILES string of the molecule is CC(C)(C)CCCCC1(C(=O)OC(C)(C)CC[Si](C)(C)c2ccccc2)OO1. The van der Waals surface area contributed by atoms with Gasteiger partial charge in [-0.25, -0.2) is 4.79 Å². The van der Waals surface area contributed by atoms with E-state index in [4.69, 9.17) is 14.5 Å². The van der Waals surface area contributed by atoms with E-state index in [1.807, 2.05) is 13.8 Å². The number of unbranched alkanes of at least 4 members (excludes halogenated alkanes) is 1. The summed E-state index contributed by atoms with van der Waals surface area (Å²) >= 11 is 0. The van der Waals surface area contributed by atoms with Crippen LogP contribution < -0.4 is 5.19 Å². The second kappa shape index (κ2) is 8.68. The van der Waals surface area contributed by atoms with Gasteiger partial charge in [0.2, 0.25) is 0 Å². The molecule has 0 atom stereocenters. The van der Waals surface area contributed by atoms with E-state index in [1.54, 1.807) is 0 Å². The Morgan fingerprint density at radius 2 is 1.61 bits per heavy atom. The Labute approximate surface area is 171 Å². The topological polar surface area (TPSA) is 51.4 Å². The van der Waals surface area contributed by atoms with Crippen LogP contribution in [0.3, 0.4) is 0 Å². The maximum Gasteiger partial charge on any atom is 0.373 e. The Kier molecular flexibility index (Phi) is 7.16. The molecule has 0 spiro atoms. The van der Waals surface area contributed by atoms with Crippen LogP contribution in [0.1, 0.15) is 66.7 Å². The molecule has 1 aliphatic rings. The van der Waals surface area contributed by atoms with Gasteiger partial charge in [-0.2, -0.15) is 9.78 Å². The summed E-state index contributed by atoms with van der Waals surface area (Å²) in [5.74, 6) is -1.55. The predicted molar refractivity (Wildman–Crippen MR) is 116 cm³/mol. The first kappa shape index (κ1) is 23.1. The lowest BCUT2D eigenvalue weighted by molar-refractivity contribution is -0.164. The minimum atomic E-state index is -1.57. The van der Waals surface area contributed by atoms with Crippen LogP contribution in [0.5, 0.6) is 0 Å². The van der Waals surface area contributed by atoms with Crippen molar-refractivity contribution in [1.29, 1.82) is 0 Å². The molecule has 5 heteroatoms. The first-order chi connectivity index (χ1) is 12.9. The van der Waals surface area contributed by atoms with E-state index in [1.165, 1.54) is 5.19 Å². The largest absolute Gasteiger partial charge is 0.456 e. The number of carbonyl (C=O) groups excluding carboxylic acids is 1. The molecule has 1 aliphatic heterocycles. The van der Waals surface area contributed by atoms with Crippen molar-refractivity contribution in [3.05, 3.63) is 30.3 Å². The van der Waals surface area contributed by atoms with E-state index in [-0.39, 0.29) is 5.97 Å². The molecular formula is C23H38O4Si. The fourth-order valence-electron chi connectivity index (χ4n) is 3.34. The average molecular weight is 407 g/mol. The molecule has 0 aliphatic carbocycles. The standard InChI is InChI=1S/C23H38O4Si/c1-21(2,3)15-11-12-16-23(26-27-23)20(24)25-22(4,5)17-18-28(6,7)19-13-9-8-10-14-19/h8-10,13-14H,11-12,15-18H2,1-7H3. The second-order valence-electron chi connectivity index (χ2n) is 10.6.